The molecular formula is C18H18N2O2S. The van der Waals surface area contributed by atoms with Crippen molar-refractivity contribution in [3.8, 4) is 6.07 Å². The lowest BCUT2D eigenvalue weighted by Gasteiger charge is -2.09. The number of amides is 1. The van der Waals surface area contributed by atoms with Gasteiger partial charge in [0.05, 0.1) is 24.0 Å². The summed E-state index contributed by atoms with van der Waals surface area (Å²) in [5.41, 5.74) is 3.49. The zero-order valence-electron chi connectivity index (χ0n) is 12.7. The van der Waals surface area contributed by atoms with Gasteiger partial charge in [0.25, 0.3) is 0 Å². The van der Waals surface area contributed by atoms with Gasteiger partial charge in [-0.1, -0.05) is 36.4 Å². The van der Waals surface area contributed by atoms with E-state index in [2.05, 4.69) is 11.4 Å². The Kier molecular flexibility index (Phi) is 6.67. The number of carbonyl (C=O) groups is 1. The zero-order chi connectivity index (χ0) is 16.5. The van der Waals surface area contributed by atoms with E-state index in [0.29, 0.717) is 17.9 Å². The maximum absolute atomic E-state index is 11.9. The highest BCUT2D eigenvalue weighted by molar-refractivity contribution is 7.99. The molecule has 2 aromatic rings. The van der Waals surface area contributed by atoms with Crippen molar-refractivity contribution in [1.82, 2.24) is 5.32 Å². The molecule has 118 valence electrons. The summed E-state index contributed by atoms with van der Waals surface area (Å²) in [5.74, 6) is 1.07. The van der Waals surface area contributed by atoms with Gasteiger partial charge in [-0.3, -0.25) is 4.79 Å². The molecule has 2 aromatic carbocycles. The van der Waals surface area contributed by atoms with E-state index in [4.69, 9.17) is 5.26 Å². The Labute approximate surface area is 140 Å². The molecule has 0 atom stereocenters. The number of nitrogens with one attached hydrogen (secondary N) is 1. The summed E-state index contributed by atoms with van der Waals surface area (Å²) < 4.78 is 0. The van der Waals surface area contributed by atoms with Gasteiger partial charge < -0.3 is 10.4 Å². The molecule has 0 aliphatic rings. The summed E-state index contributed by atoms with van der Waals surface area (Å²) in [6, 6.07) is 16.9. The topological polar surface area (TPSA) is 73.1 Å². The highest BCUT2D eigenvalue weighted by Crippen LogP contribution is 2.13. The minimum atomic E-state index is -0.0311. The SMILES string of the molecule is N#Cc1ccc(CSCC(=O)NCc2ccccc2CO)cc1. The predicted octanol–water partition coefficient (Wildman–Crippen LogP) is 2.60. The van der Waals surface area contributed by atoms with E-state index in [1.54, 1.807) is 12.1 Å². The van der Waals surface area contributed by atoms with Gasteiger partial charge in [0.1, 0.15) is 0 Å². The fraction of sp³-hybridized carbons (Fsp3) is 0.222. The van der Waals surface area contributed by atoms with Gasteiger partial charge in [0.2, 0.25) is 5.91 Å². The minimum Gasteiger partial charge on any atom is -0.392 e. The van der Waals surface area contributed by atoms with Crippen LogP contribution in [0.15, 0.2) is 48.5 Å². The van der Waals surface area contributed by atoms with E-state index in [9.17, 15) is 9.90 Å². The van der Waals surface area contributed by atoms with E-state index in [1.165, 1.54) is 11.8 Å². The summed E-state index contributed by atoms with van der Waals surface area (Å²) in [4.78, 5) is 11.9. The molecule has 5 heteroatoms. The van der Waals surface area contributed by atoms with E-state index in [-0.39, 0.29) is 12.5 Å². The van der Waals surface area contributed by atoms with Gasteiger partial charge in [0, 0.05) is 12.3 Å². The lowest BCUT2D eigenvalue weighted by Crippen LogP contribution is -2.25. The molecule has 0 heterocycles. The second-order valence-corrected chi connectivity index (χ2v) is 5.99. The molecular weight excluding hydrogens is 308 g/mol. The number of hydrogen-bond acceptors (Lipinski definition) is 4. The van der Waals surface area contributed by atoms with E-state index in [1.807, 2.05) is 36.4 Å². The quantitative estimate of drug-likeness (QED) is 0.820. The van der Waals surface area contributed by atoms with Crippen LogP contribution in [0.3, 0.4) is 0 Å². The van der Waals surface area contributed by atoms with Crippen molar-refractivity contribution < 1.29 is 9.90 Å². The van der Waals surface area contributed by atoms with Crippen molar-refractivity contribution >= 4 is 17.7 Å². The summed E-state index contributed by atoms with van der Waals surface area (Å²) >= 11 is 1.53. The zero-order valence-corrected chi connectivity index (χ0v) is 13.5. The largest absolute Gasteiger partial charge is 0.392 e. The van der Waals surface area contributed by atoms with Gasteiger partial charge in [-0.25, -0.2) is 0 Å². The molecule has 2 rings (SSSR count). The third-order valence-corrected chi connectivity index (χ3v) is 4.35. The van der Waals surface area contributed by atoms with E-state index < -0.39 is 0 Å². The first-order valence-corrected chi connectivity index (χ1v) is 8.39. The van der Waals surface area contributed by atoms with Crippen LogP contribution in [-0.2, 0) is 23.7 Å². The van der Waals surface area contributed by atoms with E-state index in [0.717, 1.165) is 22.4 Å². The van der Waals surface area contributed by atoms with Crippen molar-refractivity contribution in [3.63, 3.8) is 0 Å². The Hall–Kier alpha value is -2.29. The van der Waals surface area contributed by atoms with Crippen LogP contribution in [0.5, 0.6) is 0 Å². The fourth-order valence-corrected chi connectivity index (χ4v) is 2.88. The lowest BCUT2D eigenvalue weighted by atomic mass is 10.1. The van der Waals surface area contributed by atoms with Crippen LogP contribution in [-0.4, -0.2) is 16.8 Å². The standard InChI is InChI=1S/C18H18N2O2S/c19-9-14-5-7-15(8-6-14)12-23-13-18(22)20-10-16-3-1-2-4-17(16)11-21/h1-8,21H,10-13H2,(H,20,22). The van der Waals surface area contributed by atoms with Crippen LogP contribution in [0.1, 0.15) is 22.3 Å². The highest BCUT2D eigenvalue weighted by atomic mass is 32.2. The monoisotopic (exact) mass is 326 g/mol. The Bertz CT molecular complexity index is 693. The number of hydrogen-bond donors (Lipinski definition) is 2. The van der Waals surface area contributed by atoms with Crippen LogP contribution < -0.4 is 5.32 Å². The van der Waals surface area contributed by atoms with Crippen LogP contribution >= 0.6 is 11.8 Å². The summed E-state index contributed by atoms with van der Waals surface area (Å²) in [6.07, 6.45) is 0. The van der Waals surface area contributed by atoms with Crippen LogP contribution in [0.2, 0.25) is 0 Å². The molecule has 0 bridgehead atoms. The Morgan fingerprint density at radius 1 is 1.13 bits per heavy atom. The van der Waals surface area contributed by atoms with Crippen molar-refractivity contribution in [2.75, 3.05) is 5.75 Å². The minimum absolute atomic E-state index is 0.0283. The maximum atomic E-state index is 11.9. The number of nitriles is 1. The number of aliphatic hydroxyl groups is 1. The summed E-state index contributed by atoms with van der Waals surface area (Å²) in [5, 5.41) is 20.9. The smallest absolute Gasteiger partial charge is 0.230 e. The molecule has 23 heavy (non-hydrogen) atoms. The van der Waals surface area contributed by atoms with Crippen LogP contribution in [0.4, 0.5) is 0 Å². The number of benzene rings is 2. The Morgan fingerprint density at radius 2 is 1.83 bits per heavy atom. The predicted molar refractivity (Wildman–Crippen MR) is 91.5 cm³/mol. The summed E-state index contributed by atoms with van der Waals surface area (Å²) in [7, 11) is 0. The second-order valence-electron chi connectivity index (χ2n) is 5.01. The molecule has 1 amide bonds. The molecule has 0 spiro atoms. The highest BCUT2D eigenvalue weighted by Gasteiger charge is 2.05. The molecule has 0 aromatic heterocycles. The van der Waals surface area contributed by atoms with Crippen LogP contribution in [0.25, 0.3) is 0 Å². The molecule has 0 saturated heterocycles. The van der Waals surface area contributed by atoms with Crippen molar-refractivity contribution in [2.45, 2.75) is 18.9 Å². The first-order chi connectivity index (χ1) is 11.2. The first kappa shape index (κ1) is 17.1. The molecule has 0 aliphatic carbocycles. The first-order valence-electron chi connectivity index (χ1n) is 7.24. The third kappa shape index (κ3) is 5.44. The summed E-state index contributed by atoms with van der Waals surface area (Å²) in [6.45, 7) is 0.395. The van der Waals surface area contributed by atoms with Gasteiger partial charge >= 0.3 is 0 Å². The average molecular weight is 326 g/mol. The molecule has 0 fully saturated rings. The average Bonchev–Trinajstić information content (AvgIpc) is 2.60. The Morgan fingerprint density at radius 3 is 2.48 bits per heavy atom. The van der Waals surface area contributed by atoms with Gasteiger partial charge in [-0.2, -0.15) is 5.26 Å². The third-order valence-electron chi connectivity index (χ3n) is 3.35. The maximum Gasteiger partial charge on any atom is 0.230 e. The number of aliphatic hydroxyl groups excluding tert-OH is 1. The van der Waals surface area contributed by atoms with Crippen LogP contribution in [0, 0.1) is 11.3 Å². The van der Waals surface area contributed by atoms with Crippen molar-refractivity contribution in [1.29, 1.82) is 5.26 Å². The molecule has 0 radical (unpaired) electrons. The number of nitrogens with zero attached hydrogens (tertiary/aromatic N) is 1. The fourth-order valence-electron chi connectivity index (χ4n) is 2.07. The van der Waals surface area contributed by atoms with Gasteiger partial charge in [-0.05, 0) is 28.8 Å². The normalized spacial score (nSPS) is 10.1. The second kappa shape index (κ2) is 8.99. The molecule has 0 saturated carbocycles. The number of thioether (sulfide) groups is 1. The molecule has 2 N–H and O–H groups in total. The number of carbonyl (C=O) groups excluding carboxylic acids is 1. The molecule has 4 nitrogen and oxygen atoms in total. The van der Waals surface area contributed by atoms with Crippen molar-refractivity contribution in [3.05, 3.63) is 70.8 Å². The van der Waals surface area contributed by atoms with Crippen molar-refractivity contribution in [2.24, 2.45) is 0 Å². The lowest BCUT2D eigenvalue weighted by molar-refractivity contribution is -0.118. The van der Waals surface area contributed by atoms with Gasteiger partial charge in [0.15, 0.2) is 0 Å². The Balaban J connectivity index is 1.73. The van der Waals surface area contributed by atoms with E-state index >= 15 is 0 Å². The van der Waals surface area contributed by atoms with Gasteiger partial charge in [-0.15, -0.1) is 11.8 Å². The molecule has 0 unspecified atom stereocenters. The molecule has 0 aliphatic heterocycles. The number of rotatable bonds is 7.